The summed E-state index contributed by atoms with van der Waals surface area (Å²) in [6.07, 6.45) is 5.59. The first-order chi connectivity index (χ1) is 14.6. The van der Waals surface area contributed by atoms with Crippen LogP contribution in [0.25, 0.3) is 10.9 Å². The van der Waals surface area contributed by atoms with Gasteiger partial charge in [0, 0.05) is 43.5 Å². The quantitative estimate of drug-likeness (QED) is 0.367. The summed E-state index contributed by atoms with van der Waals surface area (Å²) in [5.41, 5.74) is 1.17. The molecule has 0 unspecified atom stereocenters. The zero-order valence-electron chi connectivity index (χ0n) is 18.1. The number of benzene rings is 1. The van der Waals surface area contributed by atoms with E-state index in [1.165, 1.54) is 17.0 Å². The molecule has 0 atom stereocenters. The Morgan fingerprint density at radius 1 is 1.16 bits per heavy atom. The summed E-state index contributed by atoms with van der Waals surface area (Å²) in [4.78, 5) is 34.4. The summed E-state index contributed by atoms with van der Waals surface area (Å²) < 4.78 is 6.59. The lowest BCUT2D eigenvalue weighted by atomic mass is 10.1. The molecule has 0 radical (unpaired) electrons. The van der Waals surface area contributed by atoms with E-state index in [0.29, 0.717) is 11.2 Å². The molecule has 0 aliphatic rings. The molecule has 8 heteroatoms. The fourth-order valence-corrected chi connectivity index (χ4v) is 2.54. The second kappa shape index (κ2) is 8.79. The Morgan fingerprint density at radius 3 is 2.65 bits per heavy atom. The Kier molecular flexibility index (Phi) is 6.16. The minimum absolute atomic E-state index is 0.0824. The molecule has 0 aliphatic carbocycles. The zero-order valence-corrected chi connectivity index (χ0v) is 18.1. The molecule has 3 rings (SSSR count). The van der Waals surface area contributed by atoms with Crippen LogP contribution in [0.2, 0.25) is 0 Å². The summed E-state index contributed by atoms with van der Waals surface area (Å²) in [5, 5.41) is 4.88. The maximum absolute atomic E-state index is 12.3. The molecule has 158 valence electrons. The van der Waals surface area contributed by atoms with Crippen molar-refractivity contribution in [2.45, 2.75) is 26.4 Å². The Balaban J connectivity index is 1.82. The molecular weight excluding hydrogens is 394 g/mol. The molecule has 0 aliphatic heterocycles. The molecule has 2 aromatic heterocycles. The van der Waals surface area contributed by atoms with Gasteiger partial charge in [-0.1, -0.05) is 5.92 Å². The lowest BCUT2D eigenvalue weighted by Crippen LogP contribution is -2.27. The smallest absolute Gasteiger partial charge is 0.435 e. The first kappa shape index (κ1) is 21.7. The average Bonchev–Trinajstić information content (AvgIpc) is 3.13. The summed E-state index contributed by atoms with van der Waals surface area (Å²) in [5.74, 6) is 5.74. The van der Waals surface area contributed by atoms with Gasteiger partial charge in [0.1, 0.15) is 11.3 Å². The van der Waals surface area contributed by atoms with Crippen LogP contribution in [-0.2, 0) is 4.74 Å². The van der Waals surface area contributed by atoms with Crippen molar-refractivity contribution in [3.05, 3.63) is 66.0 Å². The van der Waals surface area contributed by atoms with Crippen molar-refractivity contribution in [1.29, 1.82) is 0 Å². The van der Waals surface area contributed by atoms with E-state index in [1.807, 2.05) is 20.2 Å². The first-order valence-electron chi connectivity index (χ1n) is 9.57. The predicted octanol–water partition coefficient (Wildman–Crippen LogP) is 3.27. The van der Waals surface area contributed by atoms with E-state index in [0.717, 1.165) is 10.9 Å². The second-order valence-corrected chi connectivity index (χ2v) is 7.97. The summed E-state index contributed by atoms with van der Waals surface area (Å²) >= 11 is 0. The Morgan fingerprint density at radius 2 is 1.94 bits per heavy atom. The van der Waals surface area contributed by atoms with Crippen molar-refractivity contribution in [1.82, 2.24) is 24.6 Å². The summed E-state index contributed by atoms with van der Waals surface area (Å²) in [6, 6.07) is 7.00. The topological polar surface area (TPSA) is 90.2 Å². The van der Waals surface area contributed by atoms with E-state index in [2.05, 4.69) is 26.9 Å². The van der Waals surface area contributed by atoms with E-state index in [9.17, 15) is 9.59 Å². The number of aromatic nitrogens is 4. The van der Waals surface area contributed by atoms with Crippen molar-refractivity contribution >= 4 is 22.8 Å². The second-order valence-electron chi connectivity index (χ2n) is 7.97. The Hall–Kier alpha value is -3.99. The molecule has 0 N–H and O–H groups in total. The van der Waals surface area contributed by atoms with Gasteiger partial charge in [-0.2, -0.15) is 9.78 Å². The fraction of sp³-hybridized carbons (Fsp3) is 0.261. The number of fused-ring (bicyclic) bond motifs is 1. The number of nitrogens with zero attached hydrogens (tertiary/aromatic N) is 5. The fourth-order valence-electron chi connectivity index (χ4n) is 2.54. The molecule has 3 aromatic rings. The lowest BCUT2D eigenvalue weighted by molar-refractivity contribution is 0.0522. The molecule has 0 amide bonds. The van der Waals surface area contributed by atoms with Gasteiger partial charge in [-0.3, -0.25) is 4.79 Å². The van der Waals surface area contributed by atoms with Crippen molar-refractivity contribution in [2.75, 3.05) is 14.1 Å². The van der Waals surface area contributed by atoms with E-state index < -0.39 is 11.7 Å². The molecule has 0 spiro atoms. The number of allylic oxidation sites excluding steroid dienone is 1. The third-order valence-corrected chi connectivity index (χ3v) is 3.87. The third kappa shape index (κ3) is 5.76. The van der Waals surface area contributed by atoms with Gasteiger partial charge in [-0.15, -0.1) is 0 Å². The van der Waals surface area contributed by atoms with Gasteiger partial charge in [0.15, 0.2) is 0 Å². The number of rotatable bonds is 3. The highest BCUT2D eigenvalue weighted by molar-refractivity contribution is 6.01. The highest BCUT2D eigenvalue weighted by Gasteiger charge is 2.20. The van der Waals surface area contributed by atoms with Gasteiger partial charge in [-0.05, 0) is 51.0 Å². The average molecular weight is 417 g/mol. The van der Waals surface area contributed by atoms with Crippen LogP contribution in [0.4, 0.5) is 4.79 Å². The molecule has 31 heavy (non-hydrogen) atoms. The van der Waals surface area contributed by atoms with Crippen LogP contribution in [-0.4, -0.2) is 56.2 Å². The zero-order chi connectivity index (χ0) is 22.6. The third-order valence-electron chi connectivity index (χ3n) is 3.87. The molecule has 1 aromatic carbocycles. The van der Waals surface area contributed by atoms with Gasteiger partial charge < -0.3 is 9.64 Å². The molecule has 2 heterocycles. The van der Waals surface area contributed by atoms with Crippen LogP contribution in [0.15, 0.2) is 48.9 Å². The van der Waals surface area contributed by atoms with E-state index in [1.54, 1.807) is 56.3 Å². The number of hydrogen-bond donors (Lipinski definition) is 0. The van der Waals surface area contributed by atoms with E-state index >= 15 is 0 Å². The number of carbonyl (C=O) groups excluding carboxylic acids is 2. The van der Waals surface area contributed by atoms with Crippen molar-refractivity contribution in [3.63, 3.8) is 0 Å². The maximum atomic E-state index is 12.3. The van der Waals surface area contributed by atoms with Gasteiger partial charge in [0.2, 0.25) is 11.6 Å². The van der Waals surface area contributed by atoms with Crippen LogP contribution in [0.3, 0.4) is 0 Å². The van der Waals surface area contributed by atoms with E-state index in [4.69, 9.17) is 4.74 Å². The Labute approximate surface area is 180 Å². The summed E-state index contributed by atoms with van der Waals surface area (Å²) in [7, 11) is 3.64. The minimum Gasteiger partial charge on any atom is -0.442 e. The molecule has 8 nitrogen and oxygen atoms in total. The number of ketones is 1. The number of hydrogen-bond acceptors (Lipinski definition) is 7. The highest BCUT2D eigenvalue weighted by atomic mass is 16.6. The molecule has 0 fully saturated rings. The van der Waals surface area contributed by atoms with Crippen molar-refractivity contribution in [3.8, 4) is 11.8 Å². The number of carbonyl (C=O) groups is 2. The van der Waals surface area contributed by atoms with Crippen molar-refractivity contribution in [2.24, 2.45) is 0 Å². The summed E-state index contributed by atoms with van der Waals surface area (Å²) in [6.45, 7) is 5.40. The van der Waals surface area contributed by atoms with Crippen LogP contribution >= 0.6 is 0 Å². The molecule has 0 saturated heterocycles. The minimum atomic E-state index is -0.610. The predicted molar refractivity (Wildman–Crippen MR) is 117 cm³/mol. The molecule has 0 bridgehead atoms. The maximum Gasteiger partial charge on any atom is 0.435 e. The monoisotopic (exact) mass is 417 g/mol. The normalized spacial score (nSPS) is 11.3. The SMILES string of the molecule is CN(C)/C=C/C(=O)c1nccc(C#Cc2ccc3c(cnn3C(=O)OC(C)(C)C)c2)n1. The Bertz CT molecular complexity index is 1220. The highest BCUT2D eigenvalue weighted by Crippen LogP contribution is 2.17. The van der Waals surface area contributed by atoms with Gasteiger partial charge in [-0.25, -0.2) is 14.8 Å². The van der Waals surface area contributed by atoms with Crippen LogP contribution < -0.4 is 0 Å². The van der Waals surface area contributed by atoms with E-state index in [-0.39, 0.29) is 11.6 Å². The van der Waals surface area contributed by atoms with Gasteiger partial charge in [0.05, 0.1) is 11.7 Å². The first-order valence-corrected chi connectivity index (χ1v) is 9.57. The van der Waals surface area contributed by atoms with Gasteiger partial charge >= 0.3 is 6.09 Å². The van der Waals surface area contributed by atoms with Crippen LogP contribution in [0.5, 0.6) is 0 Å². The van der Waals surface area contributed by atoms with Crippen LogP contribution in [0.1, 0.15) is 42.6 Å². The van der Waals surface area contributed by atoms with Crippen molar-refractivity contribution < 1.29 is 14.3 Å². The number of ether oxygens (including phenoxy) is 1. The molecule has 0 saturated carbocycles. The standard InChI is InChI=1S/C23H23N5O3/c1-23(2,3)31-22(30)28-19-9-7-16(14-17(19)15-25-28)6-8-18-10-12-24-21(26-18)20(29)11-13-27(4)5/h7,9-15H,1-5H3/b13-11+. The lowest BCUT2D eigenvalue weighted by Gasteiger charge is -2.19. The van der Waals surface area contributed by atoms with Gasteiger partial charge in [0.25, 0.3) is 0 Å². The van der Waals surface area contributed by atoms with Crippen LogP contribution in [0, 0.1) is 11.8 Å². The largest absolute Gasteiger partial charge is 0.442 e. The molecular formula is C23H23N5O3.